The van der Waals surface area contributed by atoms with Crippen LogP contribution in [0.15, 0.2) is 121 Å². The Hall–Kier alpha value is -4.08. The molecule has 10 rings (SSSR count). The van der Waals surface area contributed by atoms with Gasteiger partial charge >= 0.3 is 144 Å². The molecule has 26 nitrogen and oxygen atoms in total. The number of carbonyl (C=O) groups excluding carboxylic acids is 2. The summed E-state index contributed by atoms with van der Waals surface area (Å²) in [7, 11) is 13.6. The summed E-state index contributed by atoms with van der Waals surface area (Å²) in [4.78, 5) is 47.9. The van der Waals surface area contributed by atoms with Crippen LogP contribution in [0, 0.1) is 23.3 Å². The van der Waals surface area contributed by atoms with Crippen molar-refractivity contribution < 1.29 is 239 Å². The maximum Gasteiger partial charge on any atom is 1.00 e. The number of nitrogens with one attached hydrogen (secondary N) is 2. The van der Waals surface area contributed by atoms with Gasteiger partial charge in [-0.3, -0.25) is 29.1 Å². The van der Waals surface area contributed by atoms with Gasteiger partial charge in [-0.1, -0.05) is 64.5 Å². The smallest absolute Gasteiger partial charge is 1.00 e. The minimum absolute atomic E-state index is 0. The van der Waals surface area contributed by atoms with Gasteiger partial charge < -0.3 is 101 Å². The van der Waals surface area contributed by atoms with Crippen molar-refractivity contribution >= 4 is 46.7 Å². The number of halogens is 6. The van der Waals surface area contributed by atoms with Gasteiger partial charge in [0.1, 0.15) is 19.8 Å². The molecule has 8 N–H and O–H groups in total. The Morgan fingerprint density at radius 1 is 0.477 bits per heavy atom. The predicted molar refractivity (Wildman–Crippen MR) is 409 cm³/mol. The molecule has 0 unspecified atom stereocenters. The molecule has 0 saturated carbocycles. The number of ether oxygens (including phenoxy) is 10. The Balaban J connectivity index is -0.00000128. The summed E-state index contributed by atoms with van der Waals surface area (Å²) < 4.78 is 106. The zero-order valence-electron chi connectivity index (χ0n) is 65.7. The second kappa shape index (κ2) is 65.2. The van der Waals surface area contributed by atoms with Crippen molar-refractivity contribution in [2.75, 3.05) is 213 Å². The van der Waals surface area contributed by atoms with Gasteiger partial charge in [0.05, 0.1) is 49.3 Å². The molecule has 0 bridgehead atoms. The maximum atomic E-state index is 13.6. The van der Waals surface area contributed by atoms with E-state index in [0.717, 1.165) is 103 Å². The fraction of sp³-hybridized carbons (Fsp3) is 0.480. The molecule has 0 atom stereocenters. The summed E-state index contributed by atoms with van der Waals surface area (Å²) in [6.45, 7) is 20.3. The Bertz CT molecular complexity index is 3340. The third-order valence-electron chi connectivity index (χ3n) is 16.3. The van der Waals surface area contributed by atoms with E-state index >= 15 is 0 Å². The number of nitrogens with zero attached hydrogens (tertiary/aromatic N) is 6. The average molecular weight is 1870 g/mol. The molecule has 0 spiro atoms. The van der Waals surface area contributed by atoms with Crippen molar-refractivity contribution in [3.8, 4) is 57.5 Å². The molecule has 6 aromatic rings. The van der Waals surface area contributed by atoms with E-state index in [1.165, 1.54) is 58.7 Å². The number of hydrogen-bond donors (Lipinski definition) is 4. The molecule has 0 radical (unpaired) electrons. The molecule has 109 heavy (non-hydrogen) atoms. The van der Waals surface area contributed by atoms with Crippen LogP contribution in [0.5, 0.6) is 57.5 Å². The van der Waals surface area contributed by atoms with Crippen LogP contribution in [0.3, 0.4) is 0 Å². The Kier molecular flexibility index (Phi) is 64.0. The zero-order valence-corrected chi connectivity index (χ0v) is 79.6. The molecule has 602 valence electrons. The van der Waals surface area contributed by atoms with E-state index in [2.05, 4.69) is 70.0 Å². The van der Waals surface area contributed by atoms with Crippen LogP contribution in [0.25, 0.3) is 0 Å². The first-order chi connectivity index (χ1) is 50.4. The Morgan fingerprint density at radius 2 is 0.771 bits per heavy atom. The van der Waals surface area contributed by atoms with Gasteiger partial charge in [-0.15, -0.1) is 12.4 Å². The van der Waals surface area contributed by atoms with Crippen LogP contribution in [0.2, 0.25) is 0 Å². The number of methoxy groups -OCH3 is 6. The molecule has 34 heteroatoms. The van der Waals surface area contributed by atoms with Gasteiger partial charge in [0, 0.05) is 143 Å². The molecule has 0 aromatic heterocycles. The molecule has 6 aromatic carbocycles. The molecular weight excluding hydrogens is 1760 g/mol. The minimum atomic E-state index is -0.834. The number of likely N-dealkylation sites (N-methyl/N-ethyl adjacent to an activating group) is 2. The van der Waals surface area contributed by atoms with Crippen LogP contribution in [-0.2, 0) is 32.1 Å². The van der Waals surface area contributed by atoms with E-state index in [9.17, 15) is 27.2 Å². The van der Waals surface area contributed by atoms with Crippen molar-refractivity contribution in [3.63, 3.8) is 0 Å². The quantitative estimate of drug-likeness (QED) is 0.0179. The largest absolute Gasteiger partial charge is 1.00 e. The van der Waals surface area contributed by atoms with Crippen LogP contribution in [-0.4, -0.2) is 271 Å². The topological polar surface area (TPSA) is 306 Å². The molecule has 4 aliphatic rings. The normalized spacial score (nSPS) is 13.9. The Labute approximate surface area is 773 Å². The number of carboxylic acids is 1. The second-order valence-electron chi connectivity index (χ2n) is 23.5. The maximum absolute atomic E-state index is 13.6. The van der Waals surface area contributed by atoms with Gasteiger partial charge in [-0.25, -0.2) is 17.6 Å². The molecule has 4 aliphatic heterocycles. The molecular formula is C75H111BrClCs2F4N9O17. The number of aliphatic carboxylic acids is 1. The van der Waals surface area contributed by atoms with Gasteiger partial charge in [0.25, 0.3) is 6.47 Å². The van der Waals surface area contributed by atoms with Crippen LogP contribution < -0.4 is 207 Å². The van der Waals surface area contributed by atoms with E-state index in [-0.39, 0.29) is 211 Å². The van der Waals surface area contributed by atoms with Crippen LogP contribution >= 0.6 is 28.3 Å². The van der Waals surface area contributed by atoms with Crippen molar-refractivity contribution in [2.24, 2.45) is 0 Å². The molecule has 4 saturated heterocycles. The number of aryl methyl sites for hydroxylation is 2. The van der Waals surface area contributed by atoms with Gasteiger partial charge in [-0.2, -0.15) is 0 Å². The van der Waals surface area contributed by atoms with Gasteiger partial charge in [-0.05, 0) is 111 Å². The summed E-state index contributed by atoms with van der Waals surface area (Å²) in [5.41, 5.74) is 1.79. The van der Waals surface area contributed by atoms with Gasteiger partial charge in [0.2, 0.25) is 17.4 Å². The number of para-hydroxylation sites is 4. The van der Waals surface area contributed by atoms with Gasteiger partial charge in [0.15, 0.2) is 69.3 Å². The molecule has 0 aliphatic carbocycles. The number of hydrogen-bond acceptors (Lipinski definition) is 23. The second-order valence-corrected chi connectivity index (χ2v) is 24.3. The van der Waals surface area contributed by atoms with Crippen molar-refractivity contribution in [1.82, 2.24) is 46.2 Å². The van der Waals surface area contributed by atoms with Crippen molar-refractivity contribution in [3.05, 3.63) is 156 Å². The minimum Gasteiger partial charge on any atom is -1.00 e. The molecule has 4 heterocycles. The molecule has 4 fully saturated rings. The fourth-order valence-corrected chi connectivity index (χ4v) is 10.6. The standard InChI is InChI=1S/C24H31FN2O5.C13H19FN2O.C12H17FN2O.C12H16O5.C8H8BrFO.C5H12N2.CH2O3.ClH.2Cs.H3N.H2O.H/c1-29-21-16-18(17-22(30-2)24(21)31-3)8-9-23(28)27-12-10-26(11-13-27)14-15-32-20-7-5-4-6-19(20)25;1-15-6-8-16(9-7-15)10-11-17-13-5-3-2-4-12(13)14;13-11-3-1-2-4-12(11)16-10-9-15-7-5-14-6-8-15;1-15-9-6-8(4-5-11(13)14)7-10(16-2)12(9)17-3;9-5-6-11-8-4-2-1-3-7(8)10;1-7-4-2-6-3-5-7;2-1-4-3;;;;;;/h4-7,16-17H,8-15H2,1-3H3;2-5H,6-11H2,1H3;1-4,14H,5-10H2;6-7H,4-5H2,1-3H3,(H,13,14);1-4H,5-6H2;6H,2-5H2,1H3;1,3H;1H;;;1H3;1H2;/q;;;;;;;;2*+1;;;-1/p-1. The first-order valence-corrected chi connectivity index (χ1v) is 35.4. The van der Waals surface area contributed by atoms with Crippen molar-refractivity contribution in [1.29, 1.82) is 0 Å². The number of piperazine rings is 4. The predicted octanol–water partition coefficient (Wildman–Crippen LogP) is 1.73. The number of benzene rings is 6. The number of carboxylic acid groups (broad SMARTS) is 1. The average Bonchev–Trinajstić information content (AvgIpc) is 0.829. The number of carbonyl (C=O) groups is 3. The Morgan fingerprint density at radius 3 is 1.06 bits per heavy atom. The first-order valence-electron chi connectivity index (χ1n) is 34.2. The van der Waals surface area contributed by atoms with Crippen molar-refractivity contribution in [2.45, 2.75) is 25.7 Å². The van der Waals surface area contributed by atoms with E-state index in [1.807, 2.05) is 17.0 Å². The fourth-order valence-electron chi connectivity index (χ4n) is 10.5. The zero-order chi connectivity index (χ0) is 75.7. The SMILES string of the molecule is CN1CCN(CCOc2ccccc2F)CC1.CN1CCNCC1.COc1cc(CCC(=O)N2CCN(CCOc3ccccc3F)CC2)cc(OC)c1OC.COc1cc(CCC(=O)O)cc(OC)c1OC.Cl.Fc1ccccc1OCCBr.Fc1ccccc1OCCN1CCNCC1.N.O.O=CO[O-].[Cs+].[Cs+].[H-]. The number of rotatable bonds is 28. The third-order valence-corrected chi connectivity index (χ3v) is 16.6. The van der Waals surface area contributed by atoms with E-state index < -0.39 is 5.97 Å². The first kappa shape index (κ1) is 107. The number of alkyl halides is 1. The number of amides is 1. The summed E-state index contributed by atoms with van der Waals surface area (Å²) in [6.07, 6.45) is 1.49. The third kappa shape index (κ3) is 43.8. The summed E-state index contributed by atoms with van der Waals surface area (Å²) in [6, 6.07) is 33.1. The monoisotopic (exact) mass is 1870 g/mol. The van der Waals surface area contributed by atoms with E-state index in [4.69, 9.17) is 62.5 Å². The van der Waals surface area contributed by atoms with Crippen LogP contribution in [0.4, 0.5) is 17.6 Å². The summed E-state index contributed by atoms with van der Waals surface area (Å²) in [5, 5.41) is 24.3. The van der Waals surface area contributed by atoms with E-state index in [0.29, 0.717) is 122 Å². The van der Waals surface area contributed by atoms with Crippen LogP contribution in [0.1, 0.15) is 25.4 Å². The van der Waals surface area contributed by atoms with E-state index in [1.54, 1.807) is 106 Å². The summed E-state index contributed by atoms with van der Waals surface area (Å²) in [5.74, 6) is 2.62. The molecule has 1 amide bonds. The summed E-state index contributed by atoms with van der Waals surface area (Å²) >= 11 is 3.18.